The molecule has 0 bridgehead atoms. The van der Waals surface area contributed by atoms with Gasteiger partial charge in [-0.3, -0.25) is 4.79 Å². The smallest absolute Gasteiger partial charge is 0.269 e. The van der Waals surface area contributed by atoms with Crippen LogP contribution in [0.4, 0.5) is 5.69 Å². The maximum Gasteiger partial charge on any atom is 0.269 e. The summed E-state index contributed by atoms with van der Waals surface area (Å²) in [6, 6.07) is 1.63. The molecule has 0 N–H and O–H groups in total. The third kappa shape index (κ3) is 3.84. The van der Waals surface area contributed by atoms with Gasteiger partial charge in [0.2, 0.25) is 0 Å². The van der Waals surface area contributed by atoms with E-state index in [1.165, 1.54) is 4.68 Å². The zero-order valence-electron chi connectivity index (χ0n) is 11.9. The van der Waals surface area contributed by atoms with Crippen LogP contribution in [0, 0.1) is 0 Å². The van der Waals surface area contributed by atoms with Crippen molar-refractivity contribution in [2.24, 2.45) is 0 Å². The lowest BCUT2D eigenvalue weighted by atomic mass is 10.1. The molecule has 1 fully saturated rings. The number of hydrogen-bond acceptors (Lipinski definition) is 4. The monoisotopic (exact) mass is 297 g/mol. The van der Waals surface area contributed by atoms with Gasteiger partial charge in [-0.15, -0.1) is 11.6 Å². The number of alkyl halides is 1. The molecule has 5 nitrogen and oxygen atoms in total. The molecule has 0 amide bonds. The molecule has 1 aromatic heterocycles. The first kappa shape index (κ1) is 15.1. The second-order valence-electron chi connectivity index (χ2n) is 5.39. The molecule has 0 aliphatic carbocycles. The molecule has 0 saturated carbocycles. The van der Waals surface area contributed by atoms with Gasteiger partial charge in [0.15, 0.2) is 0 Å². The number of ether oxygens (including phenoxy) is 1. The van der Waals surface area contributed by atoms with Crippen molar-refractivity contribution in [2.75, 3.05) is 30.5 Å². The highest BCUT2D eigenvalue weighted by molar-refractivity contribution is 6.18. The standard InChI is InChI=1S/C14H20ClN3O2/c1-14(2)11-17(7-8-20-14)12-9-13(19)18(16-10-12)6-4-3-5-15/h3-4,9-10H,5-8,11H2,1-2H3/b4-3+. The number of hydrogen-bond donors (Lipinski definition) is 0. The molecule has 1 aliphatic rings. The van der Waals surface area contributed by atoms with Crippen LogP contribution in [0.2, 0.25) is 0 Å². The van der Waals surface area contributed by atoms with Gasteiger partial charge in [0.1, 0.15) is 0 Å². The van der Waals surface area contributed by atoms with Gasteiger partial charge in [-0.25, -0.2) is 4.68 Å². The quantitative estimate of drug-likeness (QED) is 0.626. The van der Waals surface area contributed by atoms with Crippen LogP contribution in [-0.2, 0) is 11.3 Å². The van der Waals surface area contributed by atoms with Crippen molar-refractivity contribution in [1.29, 1.82) is 0 Å². The molecule has 0 radical (unpaired) electrons. The summed E-state index contributed by atoms with van der Waals surface area (Å²) in [5.74, 6) is 0.440. The highest BCUT2D eigenvalue weighted by atomic mass is 35.5. The van der Waals surface area contributed by atoms with Crippen LogP contribution >= 0.6 is 11.6 Å². The van der Waals surface area contributed by atoms with Gasteiger partial charge >= 0.3 is 0 Å². The molecule has 0 aromatic carbocycles. The largest absolute Gasteiger partial charge is 0.372 e. The van der Waals surface area contributed by atoms with Crippen molar-refractivity contribution in [3.05, 3.63) is 34.8 Å². The first-order valence-corrected chi connectivity index (χ1v) is 7.22. The highest BCUT2D eigenvalue weighted by Crippen LogP contribution is 2.21. The van der Waals surface area contributed by atoms with E-state index in [2.05, 4.69) is 10.00 Å². The summed E-state index contributed by atoms with van der Waals surface area (Å²) in [6.07, 6.45) is 5.37. The third-order valence-corrected chi connectivity index (χ3v) is 3.36. The van der Waals surface area contributed by atoms with Crippen molar-refractivity contribution in [1.82, 2.24) is 9.78 Å². The molecule has 1 aliphatic heterocycles. The first-order valence-electron chi connectivity index (χ1n) is 6.69. The van der Waals surface area contributed by atoms with Gasteiger partial charge in [0.05, 0.1) is 30.6 Å². The first-order chi connectivity index (χ1) is 9.52. The summed E-state index contributed by atoms with van der Waals surface area (Å²) in [7, 11) is 0. The normalized spacial score (nSPS) is 18.6. The van der Waals surface area contributed by atoms with E-state index < -0.39 is 0 Å². The third-order valence-electron chi connectivity index (χ3n) is 3.18. The number of allylic oxidation sites excluding steroid dienone is 2. The molecular formula is C14H20ClN3O2. The fourth-order valence-electron chi connectivity index (χ4n) is 2.21. The van der Waals surface area contributed by atoms with E-state index >= 15 is 0 Å². The molecule has 20 heavy (non-hydrogen) atoms. The fourth-order valence-corrected chi connectivity index (χ4v) is 2.33. The summed E-state index contributed by atoms with van der Waals surface area (Å²) in [4.78, 5) is 14.1. The van der Waals surface area contributed by atoms with Gasteiger partial charge in [-0.05, 0) is 13.8 Å². The second kappa shape index (κ2) is 6.41. The summed E-state index contributed by atoms with van der Waals surface area (Å²) in [6.45, 7) is 6.73. The highest BCUT2D eigenvalue weighted by Gasteiger charge is 2.27. The summed E-state index contributed by atoms with van der Waals surface area (Å²) in [5.41, 5.74) is 0.547. The number of halogens is 1. The maximum absolute atomic E-state index is 12.0. The second-order valence-corrected chi connectivity index (χ2v) is 5.70. The summed E-state index contributed by atoms with van der Waals surface area (Å²) < 4.78 is 7.08. The van der Waals surface area contributed by atoms with E-state index in [1.807, 2.05) is 19.9 Å². The predicted molar refractivity (Wildman–Crippen MR) is 80.6 cm³/mol. The van der Waals surface area contributed by atoms with E-state index in [4.69, 9.17) is 16.3 Å². The molecule has 1 aromatic rings. The van der Waals surface area contributed by atoms with Crippen molar-refractivity contribution < 1.29 is 4.74 Å². The molecule has 110 valence electrons. The lowest BCUT2D eigenvalue weighted by molar-refractivity contribution is -0.0277. The van der Waals surface area contributed by atoms with Crippen molar-refractivity contribution >= 4 is 17.3 Å². The van der Waals surface area contributed by atoms with E-state index in [9.17, 15) is 4.79 Å². The van der Waals surface area contributed by atoms with Crippen LogP contribution in [0.5, 0.6) is 0 Å². The van der Waals surface area contributed by atoms with Gasteiger partial charge < -0.3 is 9.64 Å². The number of rotatable bonds is 4. The van der Waals surface area contributed by atoms with E-state index in [1.54, 1.807) is 18.3 Å². The van der Waals surface area contributed by atoms with Gasteiger partial charge in [0.25, 0.3) is 5.56 Å². The number of morpholine rings is 1. The van der Waals surface area contributed by atoms with Crippen molar-refractivity contribution in [3.63, 3.8) is 0 Å². The molecule has 2 heterocycles. The lowest BCUT2D eigenvalue weighted by Crippen LogP contribution is -2.48. The molecular weight excluding hydrogens is 278 g/mol. The Hall–Kier alpha value is -1.33. The van der Waals surface area contributed by atoms with Crippen LogP contribution in [0.3, 0.4) is 0 Å². The predicted octanol–water partition coefficient (Wildman–Crippen LogP) is 1.65. The molecule has 0 unspecified atom stereocenters. The minimum Gasteiger partial charge on any atom is -0.372 e. The molecule has 0 spiro atoms. The Morgan fingerprint density at radius 1 is 1.50 bits per heavy atom. The topological polar surface area (TPSA) is 47.4 Å². The van der Waals surface area contributed by atoms with Gasteiger partial charge in [-0.2, -0.15) is 5.10 Å². The minimum atomic E-state index is -0.198. The average molecular weight is 298 g/mol. The Morgan fingerprint density at radius 2 is 2.30 bits per heavy atom. The Bertz CT molecular complexity index is 539. The fraction of sp³-hybridized carbons (Fsp3) is 0.571. The zero-order valence-corrected chi connectivity index (χ0v) is 12.6. The molecule has 6 heteroatoms. The lowest BCUT2D eigenvalue weighted by Gasteiger charge is -2.39. The Kier molecular flexibility index (Phi) is 4.83. The van der Waals surface area contributed by atoms with E-state index in [0.717, 1.165) is 18.8 Å². The summed E-state index contributed by atoms with van der Waals surface area (Å²) >= 11 is 5.55. The Balaban J connectivity index is 2.12. The Labute approximate surface area is 123 Å². The van der Waals surface area contributed by atoms with Crippen LogP contribution in [0.15, 0.2) is 29.2 Å². The van der Waals surface area contributed by atoms with Gasteiger partial charge in [0, 0.05) is 25.0 Å². The number of anilines is 1. The number of aromatic nitrogens is 2. The molecule has 2 rings (SSSR count). The minimum absolute atomic E-state index is 0.106. The van der Waals surface area contributed by atoms with E-state index in [-0.39, 0.29) is 11.2 Å². The number of nitrogens with zero attached hydrogens (tertiary/aromatic N) is 3. The zero-order chi connectivity index (χ0) is 14.6. The average Bonchev–Trinajstić information content (AvgIpc) is 2.39. The van der Waals surface area contributed by atoms with Gasteiger partial charge in [-0.1, -0.05) is 12.2 Å². The van der Waals surface area contributed by atoms with Crippen molar-refractivity contribution in [2.45, 2.75) is 26.0 Å². The van der Waals surface area contributed by atoms with E-state index in [0.29, 0.717) is 19.0 Å². The van der Waals surface area contributed by atoms with Crippen LogP contribution in [-0.4, -0.2) is 41.0 Å². The van der Waals surface area contributed by atoms with Crippen LogP contribution < -0.4 is 10.5 Å². The molecule has 0 atom stereocenters. The maximum atomic E-state index is 12.0. The van der Waals surface area contributed by atoms with Crippen LogP contribution in [0.1, 0.15) is 13.8 Å². The summed E-state index contributed by atoms with van der Waals surface area (Å²) in [5, 5.41) is 4.20. The molecule has 1 saturated heterocycles. The van der Waals surface area contributed by atoms with Crippen LogP contribution in [0.25, 0.3) is 0 Å². The SMILES string of the molecule is CC1(C)CN(c2cnn(C/C=C/CCl)c(=O)c2)CCO1. The Morgan fingerprint density at radius 3 is 2.95 bits per heavy atom. The van der Waals surface area contributed by atoms with Crippen molar-refractivity contribution in [3.8, 4) is 0 Å².